The van der Waals surface area contributed by atoms with Gasteiger partial charge in [-0.05, 0) is 42.9 Å². The van der Waals surface area contributed by atoms with Gasteiger partial charge in [0.2, 0.25) is 0 Å². The number of piperazine rings is 1. The Hall–Kier alpha value is -2.71. The fraction of sp³-hybridized carbons (Fsp3) is 0.480. The second kappa shape index (κ2) is 9.27. The standard InChI is InChI=1S/C25H32N6OS/c1-15(2)20-12-28-22-21(26-3)23(33-25(22)30-20)24(32)27-11-10-16-4-8-19(9-5-16)31-13-17-6-7-18(14-31)29-17/h4-5,8-9,12,15,17-18,26,29H,6-7,10-11,13-14H2,1-3H3,(H,27,32). The van der Waals surface area contributed by atoms with Gasteiger partial charge in [-0.3, -0.25) is 4.79 Å². The Morgan fingerprint density at radius 3 is 2.61 bits per heavy atom. The molecule has 2 bridgehead atoms. The van der Waals surface area contributed by atoms with Gasteiger partial charge in [0.25, 0.3) is 5.91 Å². The third-order valence-corrected chi connectivity index (χ3v) is 7.76. The van der Waals surface area contributed by atoms with E-state index in [4.69, 9.17) is 4.98 Å². The smallest absolute Gasteiger partial charge is 0.263 e. The molecule has 2 aliphatic rings. The summed E-state index contributed by atoms with van der Waals surface area (Å²) in [5, 5.41) is 9.90. The molecular weight excluding hydrogens is 432 g/mol. The van der Waals surface area contributed by atoms with Crippen LogP contribution >= 0.6 is 11.3 Å². The molecule has 4 heterocycles. The molecule has 2 saturated heterocycles. The van der Waals surface area contributed by atoms with Crippen molar-refractivity contribution in [2.75, 3.05) is 36.9 Å². The lowest BCUT2D eigenvalue weighted by Crippen LogP contribution is -2.51. The number of aromatic nitrogens is 2. The summed E-state index contributed by atoms with van der Waals surface area (Å²) in [4.78, 5) is 26.1. The molecule has 0 aliphatic carbocycles. The van der Waals surface area contributed by atoms with Crippen LogP contribution in [0.15, 0.2) is 30.5 Å². The van der Waals surface area contributed by atoms with Crippen LogP contribution in [0, 0.1) is 0 Å². The van der Waals surface area contributed by atoms with E-state index in [1.54, 1.807) is 6.20 Å². The highest BCUT2D eigenvalue weighted by Crippen LogP contribution is 2.34. The largest absolute Gasteiger partial charge is 0.385 e. The number of benzene rings is 1. The van der Waals surface area contributed by atoms with Crippen LogP contribution in [0.5, 0.6) is 0 Å². The number of nitrogens with zero attached hydrogens (tertiary/aromatic N) is 3. The highest BCUT2D eigenvalue weighted by molar-refractivity contribution is 7.21. The highest BCUT2D eigenvalue weighted by Gasteiger charge is 2.32. The molecular formula is C25H32N6OS. The maximum absolute atomic E-state index is 12.9. The van der Waals surface area contributed by atoms with Crippen LogP contribution < -0.4 is 20.9 Å². The molecule has 33 heavy (non-hydrogen) atoms. The molecule has 1 aromatic carbocycles. The fourth-order valence-electron chi connectivity index (χ4n) is 4.83. The second-order valence-electron chi connectivity index (χ2n) is 9.37. The first-order chi connectivity index (χ1) is 16.0. The number of rotatable bonds is 7. The minimum atomic E-state index is -0.0804. The van der Waals surface area contributed by atoms with Crippen LogP contribution in [0.4, 0.5) is 11.4 Å². The predicted molar refractivity (Wildman–Crippen MR) is 136 cm³/mol. The molecule has 0 saturated carbocycles. The molecule has 2 aliphatic heterocycles. The number of amides is 1. The van der Waals surface area contributed by atoms with E-state index < -0.39 is 0 Å². The number of thiophene rings is 1. The summed E-state index contributed by atoms with van der Waals surface area (Å²) in [5.74, 6) is 0.218. The highest BCUT2D eigenvalue weighted by atomic mass is 32.1. The van der Waals surface area contributed by atoms with Crippen molar-refractivity contribution in [2.45, 2.75) is 51.1 Å². The van der Waals surface area contributed by atoms with Gasteiger partial charge < -0.3 is 20.9 Å². The summed E-state index contributed by atoms with van der Waals surface area (Å²) in [5.41, 5.74) is 4.98. The van der Waals surface area contributed by atoms with E-state index in [9.17, 15) is 4.79 Å². The Labute approximate surface area is 199 Å². The molecule has 3 N–H and O–H groups in total. The van der Waals surface area contributed by atoms with E-state index >= 15 is 0 Å². The zero-order chi connectivity index (χ0) is 22.9. The van der Waals surface area contributed by atoms with Gasteiger partial charge in [0.15, 0.2) is 0 Å². The molecule has 0 radical (unpaired) electrons. The van der Waals surface area contributed by atoms with Crippen LogP contribution in [-0.2, 0) is 6.42 Å². The van der Waals surface area contributed by atoms with Crippen molar-refractivity contribution in [3.8, 4) is 0 Å². The number of nitrogens with one attached hydrogen (secondary N) is 3. The van der Waals surface area contributed by atoms with Gasteiger partial charge in [-0.2, -0.15) is 0 Å². The average molecular weight is 465 g/mol. The molecule has 3 aromatic rings. The summed E-state index contributed by atoms with van der Waals surface area (Å²) >= 11 is 1.40. The fourth-order valence-corrected chi connectivity index (χ4v) is 5.90. The van der Waals surface area contributed by atoms with E-state index in [0.717, 1.165) is 41.2 Å². The van der Waals surface area contributed by atoms with Crippen molar-refractivity contribution in [3.63, 3.8) is 0 Å². The summed E-state index contributed by atoms with van der Waals surface area (Å²) in [6.07, 6.45) is 5.18. The molecule has 8 heteroatoms. The molecule has 174 valence electrons. The van der Waals surface area contributed by atoms with Crippen LogP contribution in [0.25, 0.3) is 10.3 Å². The van der Waals surface area contributed by atoms with Gasteiger partial charge >= 0.3 is 0 Å². The molecule has 2 fully saturated rings. The number of fused-ring (bicyclic) bond motifs is 3. The summed E-state index contributed by atoms with van der Waals surface area (Å²) in [6, 6.07) is 10.1. The third kappa shape index (κ3) is 4.54. The minimum Gasteiger partial charge on any atom is -0.385 e. The number of hydrogen-bond donors (Lipinski definition) is 3. The Morgan fingerprint density at radius 2 is 1.94 bits per heavy atom. The maximum atomic E-state index is 12.9. The van der Waals surface area contributed by atoms with Crippen molar-refractivity contribution in [1.29, 1.82) is 0 Å². The molecule has 2 aromatic heterocycles. The van der Waals surface area contributed by atoms with Crippen molar-refractivity contribution < 1.29 is 4.79 Å². The Balaban J connectivity index is 1.20. The van der Waals surface area contributed by atoms with Gasteiger partial charge in [-0.15, -0.1) is 11.3 Å². The lowest BCUT2D eigenvalue weighted by atomic mass is 10.1. The number of anilines is 2. The third-order valence-electron chi connectivity index (χ3n) is 6.69. The summed E-state index contributed by atoms with van der Waals surface area (Å²) in [6.45, 7) is 6.96. The van der Waals surface area contributed by atoms with Gasteiger partial charge in [-0.1, -0.05) is 26.0 Å². The van der Waals surface area contributed by atoms with Crippen LogP contribution in [0.2, 0.25) is 0 Å². The quantitative estimate of drug-likeness (QED) is 0.494. The lowest BCUT2D eigenvalue weighted by Gasteiger charge is -2.34. The van der Waals surface area contributed by atoms with E-state index in [-0.39, 0.29) is 5.91 Å². The zero-order valence-corrected chi connectivity index (χ0v) is 20.3. The summed E-state index contributed by atoms with van der Waals surface area (Å²) in [7, 11) is 1.82. The van der Waals surface area contributed by atoms with E-state index in [0.29, 0.717) is 29.4 Å². The molecule has 1 amide bonds. The maximum Gasteiger partial charge on any atom is 0.263 e. The average Bonchev–Trinajstić information content (AvgIpc) is 3.37. The monoisotopic (exact) mass is 464 g/mol. The molecule has 0 spiro atoms. The Kier molecular flexibility index (Phi) is 6.21. The van der Waals surface area contributed by atoms with E-state index in [2.05, 4.69) is 63.9 Å². The molecule has 7 nitrogen and oxygen atoms in total. The number of carbonyl (C=O) groups excluding carboxylic acids is 1. The lowest BCUT2D eigenvalue weighted by molar-refractivity contribution is 0.0959. The topological polar surface area (TPSA) is 82.2 Å². The molecule has 5 rings (SSSR count). The number of carbonyl (C=O) groups is 1. The normalized spacial score (nSPS) is 19.9. The van der Waals surface area contributed by atoms with Crippen LogP contribution in [0.1, 0.15) is 53.5 Å². The van der Waals surface area contributed by atoms with Crippen LogP contribution in [-0.4, -0.2) is 54.6 Å². The predicted octanol–water partition coefficient (Wildman–Crippen LogP) is 3.77. The molecule has 2 unspecified atom stereocenters. The number of hydrogen-bond acceptors (Lipinski definition) is 7. The Morgan fingerprint density at radius 1 is 1.21 bits per heavy atom. The minimum absolute atomic E-state index is 0.0804. The van der Waals surface area contributed by atoms with E-state index in [1.165, 1.54) is 35.4 Å². The molecule has 2 atom stereocenters. The first-order valence-corrected chi connectivity index (χ1v) is 12.7. The zero-order valence-electron chi connectivity index (χ0n) is 19.5. The first kappa shape index (κ1) is 22.1. The van der Waals surface area contributed by atoms with Gasteiger partial charge in [-0.25, -0.2) is 9.97 Å². The second-order valence-corrected chi connectivity index (χ2v) is 10.4. The van der Waals surface area contributed by atoms with Gasteiger partial charge in [0.1, 0.15) is 15.2 Å². The van der Waals surface area contributed by atoms with Gasteiger partial charge in [0, 0.05) is 50.6 Å². The Bertz CT molecular complexity index is 1130. The van der Waals surface area contributed by atoms with Crippen molar-refractivity contribution in [3.05, 3.63) is 46.6 Å². The van der Waals surface area contributed by atoms with Crippen molar-refractivity contribution >= 4 is 39.0 Å². The van der Waals surface area contributed by atoms with Crippen LogP contribution in [0.3, 0.4) is 0 Å². The van der Waals surface area contributed by atoms with E-state index in [1.807, 2.05) is 7.05 Å². The van der Waals surface area contributed by atoms with Crippen molar-refractivity contribution in [2.24, 2.45) is 0 Å². The first-order valence-electron chi connectivity index (χ1n) is 11.9. The summed E-state index contributed by atoms with van der Waals surface area (Å²) < 4.78 is 0. The van der Waals surface area contributed by atoms with Crippen molar-refractivity contribution in [1.82, 2.24) is 20.6 Å². The SMILES string of the molecule is CNc1c(C(=O)NCCc2ccc(N3CC4CCC(C3)N4)cc2)sc2nc(C(C)C)cnc12. The van der Waals surface area contributed by atoms with Gasteiger partial charge in [0.05, 0.1) is 11.4 Å².